The van der Waals surface area contributed by atoms with Crippen LogP contribution >= 0.6 is 0 Å². The molecule has 1 aliphatic rings. The fourth-order valence-corrected chi connectivity index (χ4v) is 3.46. The zero-order chi connectivity index (χ0) is 26.0. The number of hydrogen-bond acceptors (Lipinski definition) is 5. The first-order valence-electron chi connectivity index (χ1n) is 11.0. The fourth-order valence-electron chi connectivity index (χ4n) is 3.46. The van der Waals surface area contributed by atoms with Gasteiger partial charge in [0.2, 0.25) is 0 Å². The third kappa shape index (κ3) is 8.34. The summed E-state index contributed by atoms with van der Waals surface area (Å²) in [6.07, 6.45) is -0.171. The van der Waals surface area contributed by atoms with Crippen LogP contribution in [0.25, 0.3) is 5.57 Å². The second-order valence-corrected chi connectivity index (χ2v) is 7.36. The summed E-state index contributed by atoms with van der Waals surface area (Å²) in [6.45, 7) is 1.55. The molecular weight excluding hydrogens is 469 g/mol. The molecule has 0 spiro atoms. The molecule has 11 heteroatoms. The fraction of sp³-hybridized carbons (Fsp3) is 0.375. The van der Waals surface area contributed by atoms with Gasteiger partial charge < -0.3 is 20.8 Å². The lowest BCUT2D eigenvalue weighted by Crippen LogP contribution is -2.39. The zero-order valence-corrected chi connectivity index (χ0v) is 19.4. The standard InChI is InChI=1S/C22H22F5N5O.C2H6/c23-21(24)33-18-3-1-14(2-4-18)15(13-28)11-19(29)31-17-5-8-30-20(12-17)32-9-6-16(7-10-32)22(25,26)27;1-2/h1-5,8,11-13,16,21,28H,6-7,9-10H2,(H2,29,30,31);1-2H3/b15-11+,28-13?;. The van der Waals surface area contributed by atoms with Crippen molar-refractivity contribution in [2.75, 3.05) is 18.0 Å². The molecule has 1 fully saturated rings. The molecule has 2 heterocycles. The number of rotatable bonds is 7. The summed E-state index contributed by atoms with van der Waals surface area (Å²) in [5.41, 5.74) is 7.39. The van der Waals surface area contributed by atoms with E-state index in [1.165, 1.54) is 36.5 Å². The maximum atomic E-state index is 12.9. The first kappa shape index (κ1) is 27.7. The molecule has 0 radical (unpaired) electrons. The first-order chi connectivity index (χ1) is 16.7. The van der Waals surface area contributed by atoms with Crippen molar-refractivity contribution in [3.05, 3.63) is 54.2 Å². The maximum absolute atomic E-state index is 12.9. The van der Waals surface area contributed by atoms with E-state index >= 15 is 0 Å². The van der Waals surface area contributed by atoms with Gasteiger partial charge in [-0.15, -0.1) is 0 Å². The molecule has 0 atom stereocenters. The van der Waals surface area contributed by atoms with Gasteiger partial charge in [0, 0.05) is 37.1 Å². The number of allylic oxidation sites excluding steroid dienone is 1. The van der Waals surface area contributed by atoms with E-state index in [0.717, 1.165) is 6.21 Å². The van der Waals surface area contributed by atoms with Crippen molar-refractivity contribution in [3.63, 3.8) is 0 Å². The van der Waals surface area contributed by atoms with Crippen LogP contribution in [0.1, 0.15) is 32.3 Å². The molecule has 0 amide bonds. The maximum Gasteiger partial charge on any atom is 0.391 e. The third-order valence-electron chi connectivity index (χ3n) is 5.14. The number of nitrogens with two attached hydrogens (primary N) is 1. The minimum atomic E-state index is -4.19. The van der Waals surface area contributed by atoms with Gasteiger partial charge in [0.15, 0.2) is 0 Å². The van der Waals surface area contributed by atoms with E-state index < -0.39 is 18.7 Å². The first-order valence-corrected chi connectivity index (χ1v) is 11.0. The summed E-state index contributed by atoms with van der Waals surface area (Å²) in [7, 11) is 0. The zero-order valence-electron chi connectivity index (χ0n) is 19.4. The van der Waals surface area contributed by atoms with E-state index in [4.69, 9.17) is 11.1 Å². The lowest BCUT2D eigenvalue weighted by molar-refractivity contribution is -0.179. The number of nitrogens with one attached hydrogen (secondary N) is 1. The van der Waals surface area contributed by atoms with E-state index in [2.05, 4.69) is 14.7 Å². The summed E-state index contributed by atoms with van der Waals surface area (Å²) in [4.78, 5) is 10.3. The second kappa shape index (κ2) is 12.8. The molecule has 6 nitrogen and oxygen atoms in total. The van der Waals surface area contributed by atoms with Crippen LogP contribution in [-0.2, 0) is 0 Å². The van der Waals surface area contributed by atoms with Gasteiger partial charge in [-0.1, -0.05) is 26.0 Å². The van der Waals surface area contributed by atoms with Crippen LogP contribution in [-0.4, -0.2) is 42.9 Å². The number of nitrogens with zero attached hydrogens (tertiary/aromatic N) is 3. The highest BCUT2D eigenvalue weighted by Gasteiger charge is 2.41. The smallest absolute Gasteiger partial charge is 0.391 e. The highest BCUT2D eigenvalue weighted by atomic mass is 19.4. The Labute approximate surface area is 200 Å². The SMILES string of the molecule is CC.N=C/C(=C\C(N)=Nc1ccnc(N2CCC(C(F)(F)F)CC2)c1)c1ccc(OC(F)F)cc1. The van der Waals surface area contributed by atoms with Crippen LogP contribution in [0.15, 0.2) is 53.7 Å². The van der Waals surface area contributed by atoms with Crippen molar-refractivity contribution < 1.29 is 26.7 Å². The van der Waals surface area contributed by atoms with Gasteiger partial charge in [0.1, 0.15) is 17.4 Å². The van der Waals surface area contributed by atoms with E-state index in [1.54, 1.807) is 17.0 Å². The molecule has 0 bridgehead atoms. The van der Waals surface area contributed by atoms with Crippen LogP contribution in [0.3, 0.4) is 0 Å². The average molecular weight is 498 g/mol. The molecule has 35 heavy (non-hydrogen) atoms. The highest BCUT2D eigenvalue weighted by molar-refractivity contribution is 6.16. The Morgan fingerprint density at radius 3 is 2.34 bits per heavy atom. The Kier molecular flexibility index (Phi) is 10.2. The number of pyridine rings is 1. The number of amidine groups is 1. The number of piperidine rings is 1. The van der Waals surface area contributed by atoms with E-state index in [1.807, 2.05) is 13.8 Å². The average Bonchev–Trinajstić information content (AvgIpc) is 2.84. The Morgan fingerprint density at radius 1 is 1.17 bits per heavy atom. The molecule has 0 aliphatic carbocycles. The van der Waals surface area contributed by atoms with Gasteiger partial charge in [-0.3, -0.25) is 0 Å². The number of ether oxygens (including phenoxy) is 1. The van der Waals surface area contributed by atoms with Crippen molar-refractivity contribution in [2.45, 2.75) is 39.5 Å². The number of aliphatic imine (C=N–C) groups is 1. The molecule has 3 rings (SSSR count). The van der Waals surface area contributed by atoms with Crippen molar-refractivity contribution in [1.29, 1.82) is 5.41 Å². The topological polar surface area (TPSA) is 87.6 Å². The van der Waals surface area contributed by atoms with Crippen molar-refractivity contribution in [3.8, 4) is 5.75 Å². The van der Waals surface area contributed by atoms with Crippen LogP contribution in [0.4, 0.5) is 33.5 Å². The van der Waals surface area contributed by atoms with Crippen LogP contribution in [0, 0.1) is 11.3 Å². The molecule has 190 valence electrons. The molecule has 1 saturated heterocycles. The van der Waals surface area contributed by atoms with Crippen molar-refractivity contribution in [2.24, 2.45) is 16.6 Å². The highest BCUT2D eigenvalue weighted by Crippen LogP contribution is 2.35. The molecule has 1 aromatic heterocycles. The van der Waals surface area contributed by atoms with Gasteiger partial charge in [-0.2, -0.15) is 22.0 Å². The van der Waals surface area contributed by atoms with Crippen LogP contribution in [0.5, 0.6) is 5.75 Å². The monoisotopic (exact) mass is 497 g/mol. The molecule has 0 saturated carbocycles. The van der Waals surface area contributed by atoms with Gasteiger partial charge in [-0.25, -0.2) is 9.98 Å². The molecule has 2 aromatic rings. The molecule has 1 aromatic carbocycles. The lowest BCUT2D eigenvalue weighted by atomic mass is 9.96. The normalized spacial score (nSPS) is 15.5. The van der Waals surface area contributed by atoms with E-state index in [0.29, 0.717) is 22.6 Å². The van der Waals surface area contributed by atoms with Crippen LogP contribution in [0.2, 0.25) is 0 Å². The lowest BCUT2D eigenvalue weighted by Gasteiger charge is -2.33. The Hall–Kier alpha value is -3.50. The number of halogens is 5. The van der Waals surface area contributed by atoms with Crippen LogP contribution < -0.4 is 15.4 Å². The number of anilines is 1. The second-order valence-electron chi connectivity index (χ2n) is 7.36. The number of aromatic nitrogens is 1. The number of benzene rings is 1. The Morgan fingerprint density at radius 2 is 1.80 bits per heavy atom. The minimum absolute atomic E-state index is 0.00733. The molecular formula is C24H28F5N5O. The van der Waals surface area contributed by atoms with Gasteiger partial charge >= 0.3 is 12.8 Å². The third-order valence-corrected chi connectivity index (χ3v) is 5.14. The summed E-state index contributed by atoms with van der Waals surface area (Å²) in [5.74, 6) is -0.723. The van der Waals surface area contributed by atoms with Crippen molar-refractivity contribution >= 4 is 29.1 Å². The summed E-state index contributed by atoms with van der Waals surface area (Å²) < 4.78 is 67.5. The summed E-state index contributed by atoms with van der Waals surface area (Å²) in [6, 6.07) is 8.96. The molecule has 3 N–H and O–H groups in total. The Balaban J connectivity index is 0.00000210. The van der Waals surface area contributed by atoms with E-state index in [9.17, 15) is 22.0 Å². The van der Waals surface area contributed by atoms with Gasteiger partial charge in [0.05, 0.1) is 11.6 Å². The number of hydrogen-bond donors (Lipinski definition) is 2. The predicted molar refractivity (Wildman–Crippen MR) is 128 cm³/mol. The predicted octanol–water partition coefficient (Wildman–Crippen LogP) is 6.21. The van der Waals surface area contributed by atoms with Crippen molar-refractivity contribution in [1.82, 2.24) is 4.98 Å². The molecule has 1 aliphatic heterocycles. The largest absolute Gasteiger partial charge is 0.435 e. The van der Waals surface area contributed by atoms with Gasteiger partial charge in [-0.05, 0) is 42.7 Å². The van der Waals surface area contributed by atoms with E-state index in [-0.39, 0.29) is 37.5 Å². The minimum Gasteiger partial charge on any atom is -0.435 e. The number of alkyl halides is 5. The quantitative estimate of drug-likeness (QED) is 0.271. The summed E-state index contributed by atoms with van der Waals surface area (Å²) >= 11 is 0. The molecule has 0 unspecified atom stereocenters. The van der Waals surface area contributed by atoms with Gasteiger partial charge in [0.25, 0.3) is 0 Å². The Bertz CT molecular complexity index is 1010. The summed E-state index contributed by atoms with van der Waals surface area (Å²) in [5, 5.41) is 7.61.